The number of aromatic amines is 1. The van der Waals surface area contributed by atoms with Crippen molar-refractivity contribution in [2.75, 3.05) is 0 Å². The molecule has 0 fully saturated rings. The smallest absolute Gasteiger partial charge is 0.140 e. The molecule has 0 bridgehead atoms. The second kappa shape index (κ2) is 4.47. The zero-order chi connectivity index (χ0) is 10.8. The fourth-order valence-electron chi connectivity index (χ4n) is 1.27. The fraction of sp³-hybridized carbons (Fsp3) is 0.100. The third-order valence-electron chi connectivity index (χ3n) is 2.02. The van der Waals surface area contributed by atoms with Gasteiger partial charge >= 0.3 is 0 Å². The molecule has 0 aliphatic heterocycles. The van der Waals surface area contributed by atoms with E-state index in [-0.39, 0.29) is 6.61 Å². The van der Waals surface area contributed by atoms with Crippen LogP contribution in [0.3, 0.4) is 0 Å². The molecule has 1 aromatic heterocycles. The number of nitrogens with one attached hydrogen (secondary N) is 1. The average Bonchev–Trinajstić information content (AvgIpc) is 2.60. The summed E-state index contributed by atoms with van der Waals surface area (Å²) in [6.45, 7) is -0.0575. The van der Waals surface area contributed by atoms with Gasteiger partial charge in [0.2, 0.25) is 0 Å². The van der Waals surface area contributed by atoms with E-state index in [0.717, 1.165) is 15.9 Å². The van der Waals surface area contributed by atoms with Crippen LogP contribution in [0.5, 0.6) is 0 Å². The third kappa shape index (κ3) is 2.14. The van der Waals surface area contributed by atoms with E-state index in [9.17, 15) is 0 Å². The monoisotopic (exact) mass is 330 g/mol. The Kier molecular flexibility index (Phi) is 3.23. The van der Waals surface area contributed by atoms with Crippen molar-refractivity contribution in [2.45, 2.75) is 6.61 Å². The number of hydrogen-bond acceptors (Lipinski definition) is 2. The van der Waals surface area contributed by atoms with Crippen molar-refractivity contribution in [1.82, 2.24) is 9.97 Å². The highest BCUT2D eigenvalue weighted by Gasteiger charge is 2.10. The van der Waals surface area contributed by atoms with Gasteiger partial charge in [-0.05, 0) is 22.0 Å². The van der Waals surface area contributed by atoms with Crippen LogP contribution in [0.1, 0.15) is 5.69 Å². The molecule has 78 valence electrons. The van der Waals surface area contributed by atoms with E-state index in [0.29, 0.717) is 10.3 Å². The molecule has 0 saturated carbocycles. The van der Waals surface area contributed by atoms with Crippen LogP contribution >= 0.6 is 31.9 Å². The number of rotatable bonds is 2. The maximum Gasteiger partial charge on any atom is 0.140 e. The maximum atomic E-state index is 9.04. The lowest BCUT2D eigenvalue weighted by Crippen LogP contribution is -1.84. The van der Waals surface area contributed by atoms with Gasteiger partial charge in [0.25, 0.3) is 0 Å². The molecule has 1 aromatic carbocycles. The zero-order valence-electron chi connectivity index (χ0n) is 7.67. The highest BCUT2D eigenvalue weighted by atomic mass is 79.9. The van der Waals surface area contributed by atoms with Gasteiger partial charge < -0.3 is 10.1 Å². The third-order valence-corrected chi connectivity index (χ3v) is 3.36. The Morgan fingerprint density at radius 1 is 1.27 bits per heavy atom. The predicted molar refractivity (Wildman–Crippen MR) is 65.3 cm³/mol. The molecule has 1 heterocycles. The number of aliphatic hydroxyl groups excluding tert-OH is 1. The van der Waals surface area contributed by atoms with Crippen molar-refractivity contribution < 1.29 is 5.11 Å². The Balaban J connectivity index is 2.50. The van der Waals surface area contributed by atoms with E-state index < -0.39 is 0 Å². The van der Waals surface area contributed by atoms with E-state index in [4.69, 9.17) is 5.11 Å². The number of aliphatic hydroxyl groups is 1. The Morgan fingerprint density at radius 2 is 2.00 bits per heavy atom. The highest BCUT2D eigenvalue weighted by Crippen LogP contribution is 2.27. The Labute approximate surface area is 104 Å². The molecular weight excluding hydrogens is 324 g/mol. The Hall–Kier alpha value is -0.650. The van der Waals surface area contributed by atoms with Crippen molar-refractivity contribution >= 4 is 31.9 Å². The first kappa shape index (κ1) is 10.9. The molecule has 15 heavy (non-hydrogen) atoms. The van der Waals surface area contributed by atoms with Crippen LogP contribution in [-0.4, -0.2) is 15.1 Å². The van der Waals surface area contributed by atoms with Gasteiger partial charge in [-0.2, -0.15) is 0 Å². The standard InChI is InChI=1S/C10H8Br2N2O/c11-7-4-2-1-3-6(7)10-13-8(5-15)9(12)14-10/h1-4,15H,5H2,(H,13,14). The maximum absolute atomic E-state index is 9.04. The van der Waals surface area contributed by atoms with Gasteiger partial charge in [-0.3, -0.25) is 0 Å². The topological polar surface area (TPSA) is 48.9 Å². The van der Waals surface area contributed by atoms with Gasteiger partial charge in [0.1, 0.15) is 10.4 Å². The van der Waals surface area contributed by atoms with Crippen LogP contribution in [0.4, 0.5) is 0 Å². The number of benzene rings is 1. The van der Waals surface area contributed by atoms with E-state index in [2.05, 4.69) is 41.8 Å². The molecule has 0 unspecified atom stereocenters. The minimum absolute atomic E-state index is 0.0575. The summed E-state index contributed by atoms with van der Waals surface area (Å²) in [4.78, 5) is 7.33. The number of H-pyrrole nitrogens is 1. The van der Waals surface area contributed by atoms with Gasteiger partial charge in [0.15, 0.2) is 0 Å². The number of hydrogen-bond donors (Lipinski definition) is 2. The second-order valence-electron chi connectivity index (χ2n) is 2.99. The van der Waals surface area contributed by atoms with Gasteiger partial charge in [-0.15, -0.1) is 0 Å². The Bertz CT molecular complexity index is 482. The van der Waals surface area contributed by atoms with Crippen LogP contribution < -0.4 is 0 Å². The summed E-state index contributed by atoms with van der Waals surface area (Å²) in [7, 11) is 0. The first-order chi connectivity index (χ1) is 7.22. The molecule has 5 heteroatoms. The lowest BCUT2D eigenvalue weighted by molar-refractivity contribution is 0.276. The molecule has 2 aromatic rings. The van der Waals surface area contributed by atoms with Crippen LogP contribution in [0.15, 0.2) is 33.3 Å². The molecule has 0 amide bonds. The number of imidazole rings is 1. The number of aromatic nitrogens is 2. The SMILES string of the molecule is OCc1[nH]c(-c2ccccc2Br)nc1Br. The van der Waals surface area contributed by atoms with E-state index >= 15 is 0 Å². The van der Waals surface area contributed by atoms with Crippen molar-refractivity contribution in [3.63, 3.8) is 0 Å². The molecule has 2 N–H and O–H groups in total. The van der Waals surface area contributed by atoms with E-state index in [1.54, 1.807) is 0 Å². The molecule has 0 aliphatic carbocycles. The van der Waals surface area contributed by atoms with Gasteiger partial charge in [0.05, 0.1) is 12.3 Å². The summed E-state index contributed by atoms with van der Waals surface area (Å²) < 4.78 is 1.62. The lowest BCUT2D eigenvalue weighted by Gasteiger charge is -1.99. The Morgan fingerprint density at radius 3 is 2.60 bits per heavy atom. The number of nitrogens with zero attached hydrogens (tertiary/aromatic N) is 1. The molecule has 0 saturated heterocycles. The van der Waals surface area contributed by atoms with Crippen molar-refractivity contribution in [1.29, 1.82) is 0 Å². The molecule has 2 rings (SSSR count). The zero-order valence-corrected chi connectivity index (χ0v) is 10.8. The molecule has 0 radical (unpaired) electrons. The summed E-state index contributed by atoms with van der Waals surface area (Å²) >= 11 is 6.73. The quantitative estimate of drug-likeness (QED) is 0.888. The summed E-state index contributed by atoms with van der Waals surface area (Å²) in [5.74, 6) is 0.735. The second-order valence-corrected chi connectivity index (χ2v) is 4.60. The molecule has 0 atom stereocenters. The fourth-order valence-corrected chi connectivity index (χ4v) is 2.15. The van der Waals surface area contributed by atoms with Crippen LogP contribution in [-0.2, 0) is 6.61 Å². The van der Waals surface area contributed by atoms with E-state index in [1.807, 2.05) is 24.3 Å². The van der Waals surface area contributed by atoms with Crippen LogP contribution in [0, 0.1) is 0 Å². The minimum atomic E-state index is -0.0575. The van der Waals surface area contributed by atoms with Crippen molar-refractivity contribution in [2.24, 2.45) is 0 Å². The predicted octanol–water partition coefficient (Wildman–Crippen LogP) is 3.09. The van der Waals surface area contributed by atoms with E-state index in [1.165, 1.54) is 0 Å². The molecule has 3 nitrogen and oxygen atoms in total. The average molecular weight is 332 g/mol. The normalized spacial score (nSPS) is 10.6. The van der Waals surface area contributed by atoms with Gasteiger partial charge in [0, 0.05) is 10.0 Å². The van der Waals surface area contributed by atoms with Crippen LogP contribution in [0.25, 0.3) is 11.4 Å². The first-order valence-electron chi connectivity index (χ1n) is 4.32. The minimum Gasteiger partial charge on any atom is -0.390 e. The first-order valence-corrected chi connectivity index (χ1v) is 5.91. The summed E-state index contributed by atoms with van der Waals surface area (Å²) in [5.41, 5.74) is 1.65. The molecular formula is C10H8Br2N2O. The summed E-state index contributed by atoms with van der Waals surface area (Å²) in [6.07, 6.45) is 0. The van der Waals surface area contributed by atoms with Crippen molar-refractivity contribution in [3.05, 3.63) is 39.0 Å². The lowest BCUT2D eigenvalue weighted by atomic mass is 10.2. The van der Waals surface area contributed by atoms with Gasteiger partial charge in [-0.1, -0.05) is 34.1 Å². The number of halogens is 2. The molecule has 0 spiro atoms. The largest absolute Gasteiger partial charge is 0.390 e. The van der Waals surface area contributed by atoms with Crippen molar-refractivity contribution in [3.8, 4) is 11.4 Å². The summed E-state index contributed by atoms with van der Waals surface area (Å²) in [5, 5.41) is 9.04. The highest BCUT2D eigenvalue weighted by molar-refractivity contribution is 9.10. The molecule has 0 aliphatic rings. The van der Waals surface area contributed by atoms with Crippen LogP contribution in [0.2, 0.25) is 0 Å². The van der Waals surface area contributed by atoms with Gasteiger partial charge in [-0.25, -0.2) is 4.98 Å². The summed E-state index contributed by atoms with van der Waals surface area (Å²) in [6, 6.07) is 7.79.